The average Bonchev–Trinajstić information content (AvgIpc) is 2.92. The Hall–Kier alpha value is -4.10. The smallest absolute Gasteiger partial charge is 0.275 e. The molecule has 0 saturated heterocycles. The van der Waals surface area contributed by atoms with Crippen LogP contribution in [0.4, 0.5) is 0 Å². The van der Waals surface area contributed by atoms with Gasteiger partial charge in [0.15, 0.2) is 11.5 Å². The predicted molar refractivity (Wildman–Crippen MR) is 144 cm³/mol. The van der Waals surface area contributed by atoms with E-state index in [0.29, 0.717) is 36.0 Å². The SMILES string of the molecule is COc1cc(/C=N\NC(=O)c2cc(Br)ccc2OCc2ccccc2)ccc1OCc1ccccc1. The van der Waals surface area contributed by atoms with Gasteiger partial charge in [-0.25, -0.2) is 5.43 Å². The van der Waals surface area contributed by atoms with Crippen LogP contribution < -0.4 is 19.6 Å². The Balaban J connectivity index is 1.39. The zero-order chi connectivity index (χ0) is 25.2. The lowest BCUT2D eigenvalue weighted by atomic mass is 10.2. The van der Waals surface area contributed by atoms with Crippen LogP contribution >= 0.6 is 15.9 Å². The second-order valence-corrected chi connectivity index (χ2v) is 8.71. The molecule has 0 aromatic heterocycles. The number of hydrogen-bond acceptors (Lipinski definition) is 5. The summed E-state index contributed by atoms with van der Waals surface area (Å²) in [5.74, 6) is 1.28. The van der Waals surface area contributed by atoms with Crippen LogP contribution in [0.5, 0.6) is 17.2 Å². The van der Waals surface area contributed by atoms with Crippen molar-refractivity contribution in [1.29, 1.82) is 0 Å². The van der Waals surface area contributed by atoms with E-state index < -0.39 is 0 Å². The third-order valence-corrected chi connectivity index (χ3v) is 5.72. The number of methoxy groups -OCH3 is 1. The van der Waals surface area contributed by atoms with Crippen molar-refractivity contribution in [3.05, 3.63) is 124 Å². The van der Waals surface area contributed by atoms with E-state index in [4.69, 9.17) is 14.2 Å². The summed E-state index contributed by atoms with van der Waals surface area (Å²) in [5.41, 5.74) is 5.76. The van der Waals surface area contributed by atoms with E-state index in [1.165, 1.54) is 0 Å². The highest BCUT2D eigenvalue weighted by Gasteiger charge is 2.13. The number of carbonyl (C=O) groups is 1. The number of hydrogen-bond donors (Lipinski definition) is 1. The van der Waals surface area contributed by atoms with Gasteiger partial charge in [-0.15, -0.1) is 0 Å². The molecule has 1 N–H and O–H groups in total. The second kappa shape index (κ2) is 12.6. The van der Waals surface area contributed by atoms with Gasteiger partial charge in [-0.05, 0) is 53.1 Å². The summed E-state index contributed by atoms with van der Waals surface area (Å²) >= 11 is 3.42. The molecule has 182 valence electrons. The molecule has 0 aliphatic carbocycles. The molecule has 1 amide bonds. The Bertz CT molecular complexity index is 1330. The van der Waals surface area contributed by atoms with Crippen molar-refractivity contribution in [1.82, 2.24) is 5.43 Å². The molecular formula is C29H25BrN2O4. The van der Waals surface area contributed by atoms with Crippen LogP contribution in [-0.2, 0) is 13.2 Å². The largest absolute Gasteiger partial charge is 0.493 e. The first kappa shape index (κ1) is 25.0. The minimum absolute atomic E-state index is 0.352. The standard InChI is InChI=1S/C29H25BrN2O4/c1-34-28-16-23(12-14-27(28)36-20-22-10-6-3-7-11-22)18-31-32-29(33)25-17-24(30)13-15-26(25)35-19-21-8-4-2-5-9-21/h2-18H,19-20H2,1H3,(H,32,33)/b31-18-. The maximum atomic E-state index is 12.8. The summed E-state index contributed by atoms with van der Waals surface area (Å²) in [4.78, 5) is 12.8. The molecule has 0 radical (unpaired) electrons. The van der Waals surface area contributed by atoms with E-state index in [0.717, 1.165) is 21.2 Å². The van der Waals surface area contributed by atoms with Gasteiger partial charge in [-0.1, -0.05) is 76.6 Å². The molecular weight excluding hydrogens is 520 g/mol. The normalized spacial score (nSPS) is 10.7. The molecule has 0 bridgehead atoms. The fourth-order valence-electron chi connectivity index (χ4n) is 3.39. The van der Waals surface area contributed by atoms with Gasteiger partial charge in [0.2, 0.25) is 0 Å². The quantitative estimate of drug-likeness (QED) is 0.186. The summed E-state index contributed by atoms with van der Waals surface area (Å²) in [6, 6.07) is 30.4. The molecule has 6 nitrogen and oxygen atoms in total. The Labute approximate surface area is 218 Å². The van der Waals surface area contributed by atoms with E-state index in [2.05, 4.69) is 26.5 Å². The molecule has 4 rings (SSSR count). The van der Waals surface area contributed by atoms with E-state index in [9.17, 15) is 4.79 Å². The van der Waals surface area contributed by atoms with Gasteiger partial charge < -0.3 is 14.2 Å². The Kier molecular flexibility index (Phi) is 8.72. The fraction of sp³-hybridized carbons (Fsp3) is 0.103. The Morgan fingerprint density at radius 3 is 2.06 bits per heavy atom. The molecule has 0 aliphatic rings. The van der Waals surface area contributed by atoms with Gasteiger partial charge in [0, 0.05) is 4.47 Å². The van der Waals surface area contributed by atoms with E-state index in [1.807, 2.05) is 78.9 Å². The van der Waals surface area contributed by atoms with E-state index >= 15 is 0 Å². The van der Waals surface area contributed by atoms with Gasteiger partial charge in [0.05, 0.1) is 18.9 Å². The highest BCUT2D eigenvalue weighted by molar-refractivity contribution is 9.10. The summed E-state index contributed by atoms with van der Waals surface area (Å²) in [6.45, 7) is 0.784. The Morgan fingerprint density at radius 2 is 1.42 bits per heavy atom. The summed E-state index contributed by atoms with van der Waals surface area (Å²) in [5, 5.41) is 4.11. The summed E-state index contributed by atoms with van der Waals surface area (Å²) < 4.78 is 18.0. The lowest BCUT2D eigenvalue weighted by molar-refractivity contribution is 0.0950. The first-order valence-electron chi connectivity index (χ1n) is 11.3. The van der Waals surface area contributed by atoms with Crippen LogP contribution in [0.25, 0.3) is 0 Å². The van der Waals surface area contributed by atoms with Crippen molar-refractivity contribution < 1.29 is 19.0 Å². The van der Waals surface area contributed by atoms with Crippen molar-refractivity contribution in [2.24, 2.45) is 5.10 Å². The van der Waals surface area contributed by atoms with Crippen LogP contribution in [0.15, 0.2) is 107 Å². The zero-order valence-corrected chi connectivity index (χ0v) is 21.3. The van der Waals surface area contributed by atoms with Crippen molar-refractivity contribution in [3.63, 3.8) is 0 Å². The van der Waals surface area contributed by atoms with Crippen LogP contribution in [0.3, 0.4) is 0 Å². The lowest BCUT2D eigenvalue weighted by Gasteiger charge is -2.12. The number of carbonyl (C=O) groups excluding carboxylic acids is 1. The van der Waals surface area contributed by atoms with Crippen LogP contribution in [0.1, 0.15) is 27.0 Å². The number of rotatable bonds is 10. The maximum Gasteiger partial charge on any atom is 0.275 e. The van der Waals surface area contributed by atoms with Gasteiger partial charge >= 0.3 is 0 Å². The van der Waals surface area contributed by atoms with Gasteiger partial charge in [0.1, 0.15) is 19.0 Å². The third-order valence-electron chi connectivity index (χ3n) is 5.23. The number of ether oxygens (including phenoxy) is 3. The van der Waals surface area contributed by atoms with Gasteiger partial charge in [-0.2, -0.15) is 5.10 Å². The lowest BCUT2D eigenvalue weighted by Crippen LogP contribution is -2.19. The minimum Gasteiger partial charge on any atom is -0.493 e. The molecule has 0 saturated carbocycles. The van der Waals surface area contributed by atoms with Crippen molar-refractivity contribution in [3.8, 4) is 17.2 Å². The average molecular weight is 545 g/mol. The molecule has 4 aromatic carbocycles. The first-order valence-corrected chi connectivity index (χ1v) is 12.1. The first-order chi connectivity index (χ1) is 17.6. The predicted octanol–water partition coefficient (Wildman–Crippen LogP) is 6.38. The van der Waals surface area contributed by atoms with Crippen LogP contribution in [0, 0.1) is 0 Å². The van der Waals surface area contributed by atoms with Crippen molar-refractivity contribution in [2.45, 2.75) is 13.2 Å². The fourth-order valence-corrected chi connectivity index (χ4v) is 3.75. The van der Waals surface area contributed by atoms with E-state index in [-0.39, 0.29) is 5.91 Å². The number of amides is 1. The highest BCUT2D eigenvalue weighted by atomic mass is 79.9. The Morgan fingerprint density at radius 1 is 0.806 bits per heavy atom. The molecule has 0 heterocycles. The molecule has 7 heteroatoms. The molecule has 36 heavy (non-hydrogen) atoms. The van der Waals surface area contributed by atoms with Crippen LogP contribution in [-0.4, -0.2) is 19.2 Å². The highest BCUT2D eigenvalue weighted by Crippen LogP contribution is 2.28. The number of nitrogens with one attached hydrogen (secondary N) is 1. The minimum atomic E-state index is -0.384. The summed E-state index contributed by atoms with van der Waals surface area (Å²) in [6.07, 6.45) is 1.55. The molecule has 0 fully saturated rings. The zero-order valence-electron chi connectivity index (χ0n) is 19.7. The number of hydrazone groups is 1. The monoisotopic (exact) mass is 544 g/mol. The van der Waals surface area contributed by atoms with Crippen LogP contribution in [0.2, 0.25) is 0 Å². The summed E-state index contributed by atoms with van der Waals surface area (Å²) in [7, 11) is 1.58. The molecule has 4 aromatic rings. The maximum absolute atomic E-state index is 12.8. The van der Waals surface area contributed by atoms with Gasteiger partial charge in [-0.3, -0.25) is 4.79 Å². The number of halogens is 1. The topological polar surface area (TPSA) is 69.2 Å². The number of benzene rings is 4. The van der Waals surface area contributed by atoms with Crippen molar-refractivity contribution in [2.75, 3.05) is 7.11 Å². The third kappa shape index (κ3) is 6.96. The van der Waals surface area contributed by atoms with Gasteiger partial charge in [0.25, 0.3) is 5.91 Å². The number of nitrogens with zero attached hydrogens (tertiary/aromatic N) is 1. The molecule has 0 atom stereocenters. The molecule has 0 spiro atoms. The van der Waals surface area contributed by atoms with Crippen molar-refractivity contribution >= 4 is 28.1 Å². The molecule has 0 unspecified atom stereocenters. The molecule has 0 aliphatic heterocycles. The van der Waals surface area contributed by atoms with E-state index in [1.54, 1.807) is 31.5 Å². The second-order valence-electron chi connectivity index (χ2n) is 7.80.